The molecule has 9 heteroatoms. The van der Waals surface area contributed by atoms with Crippen molar-refractivity contribution in [2.24, 2.45) is 0 Å². The van der Waals surface area contributed by atoms with Crippen LogP contribution in [-0.2, 0) is 10.8 Å². The summed E-state index contributed by atoms with van der Waals surface area (Å²) in [6, 6.07) is 66.7. The molecule has 0 bridgehead atoms. The van der Waals surface area contributed by atoms with Gasteiger partial charge in [0.2, 0.25) is 0 Å². The van der Waals surface area contributed by atoms with Crippen molar-refractivity contribution in [2.75, 3.05) is 4.90 Å². The van der Waals surface area contributed by atoms with Crippen LogP contribution in [0.25, 0.3) is 56.7 Å². The van der Waals surface area contributed by atoms with Crippen molar-refractivity contribution >= 4 is 29.2 Å². The largest absolute Gasteiger partial charge is 0.310 e. The first-order valence-electron chi connectivity index (χ1n) is 26.1. The molecule has 392 valence electrons. The zero-order valence-corrected chi connectivity index (χ0v) is 42.9. The molecule has 0 fully saturated rings. The molecule has 0 saturated carbocycles. The van der Waals surface area contributed by atoms with E-state index in [4.69, 9.17) is 0 Å². The number of rotatable bonds is 11. The Morgan fingerprint density at radius 3 is 1.11 bits per heavy atom. The van der Waals surface area contributed by atoms with E-state index in [1.54, 1.807) is 97.1 Å². The Balaban J connectivity index is 1.10. The Morgan fingerprint density at radius 2 is 0.667 bits per heavy atom. The molecule has 0 aliphatic heterocycles. The van der Waals surface area contributed by atoms with Gasteiger partial charge in [0.1, 0.15) is 0 Å². The third-order valence-electron chi connectivity index (χ3n) is 16.2. The molecule has 1 nitrogen and oxygen atoms in total. The van der Waals surface area contributed by atoms with Crippen molar-refractivity contribution in [1.29, 1.82) is 0 Å². The lowest BCUT2D eigenvalue weighted by Gasteiger charge is -2.36. The number of hydrogen-bond acceptors (Lipinski definition) is 1. The van der Waals surface area contributed by atoms with Crippen LogP contribution < -0.4 is 4.90 Å². The molecule has 0 radical (unpaired) electrons. The highest BCUT2D eigenvalue weighted by atomic mass is 19.2. The fraction of sp³-hybridized carbons (Fsp3) is 0.0278. The van der Waals surface area contributed by atoms with Gasteiger partial charge in [-0.3, -0.25) is 0 Å². The molecule has 0 heterocycles. The van der Waals surface area contributed by atoms with Crippen LogP contribution in [0, 0.1) is 46.5 Å². The van der Waals surface area contributed by atoms with E-state index in [1.807, 2.05) is 126 Å². The Hall–Kier alpha value is -9.86. The van der Waals surface area contributed by atoms with E-state index in [0.717, 1.165) is 34.4 Å². The molecule has 0 aromatic heterocycles. The normalized spacial score (nSPS) is 15.6. The number of fused-ring (bicyclic) bond motifs is 6. The molecule has 81 heavy (non-hydrogen) atoms. The van der Waals surface area contributed by atoms with E-state index < -0.39 is 68.5 Å². The van der Waals surface area contributed by atoms with Crippen LogP contribution in [0.4, 0.5) is 52.2 Å². The summed E-state index contributed by atoms with van der Waals surface area (Å²) in [5.41, 5.74) is 7.29. The van der Waals surface area contributed by atoms with Crippen LogP contribution in [-0.4, -0.2) is 0 Å². The number of halogens is 8. The summed E-state index contributed by atoms with van der Waals surface area (Å²) in [5, 5.41) is 0. The average molecular weight is 1070 g/mol. The monoisotopic (exact) mass is 1070 g/mol. The first-order chi connectivity index (χ1) is 39.4. The molecule has 13 rings (SSSR count). The van der Waals surface area contributed by atoms with E-state index in [-0.39, 0.29) is 0 Å². The van der Waals surface area contributed by atoms with Gasteiger partial charge >= 0.3 is 0 Å². The second-order valence-corrected chi connectivity index (χ2v) is 20.2. The first-order valence-corrected chi connectivity index (χ1v) is 26.1. The molecule has 11 aromatic rings. The summed E-state index contributed by atoms with van der Waals surface area (Å²) in [4.78, 5) is 1.91. The lowest BCUT2D eigenvalue weighted by molar-refractivity contribution is 0.399. The molecule has 2 aliphatic carbocycles. The van der Waals surface area contributed by atoms with Crippen LogP contribution in [0.15, 0.2) is 238 Å². The van der Waals surface area contributed by atoms with E-state index >= 15 is 35.1 Å². The summed E-state index contributed by atoms with van der Waals surface area (Å²) >= 11 is 0. The topological polar surface area (TPSA) is 3.24 Å². The maximum atomic E-state index is 17.1. The van der Waals surface area contributed by atoms with Gasteiger partial charge in [0.15, 0.2) is 46.5 Å². The molecule has 2 atom stereocenters. The lowest BCUT2D eigenvalue weighted by atomic mass is 9.67. The molecule has 2 aliphatic rings. The highest BCUT2D eigenvalue weighted by molar-refractivity contribution is 5.93. The molecule has 2 unspecified atom stereocenters. The molecule has 0 N–H and O–H groups in total. The van der Waals surface area contributed by atoms with Gasteiger partial charge in [0, 0.05) is 28.2 Å². The zero-order chi connectivity index (χ0) is 55.9. The van der Waals surface area contributed by atoms with E-state index in [0.29, 0.717) is 83.8 Å². The Kier molecular flexibility index (Phi) is 12.2. The van der Waals surface area contributed by atoms with Gasteiger partial charge in [-0.1, -0.05) is 195 Å². The third kappa shape index (κ3) is 7.66. The molecule has 0 amide bonds. The highest BCUT2D eigenvalue weighted by Crippen LogP contribution is 2.61. The lowest BCUT2D eigenvalue weighted by Crippen LogP contribution is -2.31. The SMILES string of the molecule is C=Cc1ccc(C2(c3cc(F)c(F)c(F)c3F)c3ccccc3-c3ccc(N(c4ccc(-c5cccc(-c6ccccc6)c5)cc4)c4ccc5c(c4)C(c4ccc(C=C)cc4)(c4cc(F)c(F)c(F)c4F)c4ccccc4-5)cc32)cc1. The van der Waals surface area contributed by atoms with Crippen LogP contribution in [0.1, 0.15) is 55.6 Å². The molecular formula is C72H43F8N. The average Bonchev–Trinajstić information content (AvgIpc) is 3.46. The van der Waals surface area contributed by atoms with Gasteiger partial charge in [0.25, 0.3) is 0 Å². The van der Waals surface area contributed by atoms with Crippen molar-refractivity contribution in [1.82, 2.24) is 0 Å². The Morgan fingerprint density at radius 1 is 0.284 bits per heavy atom. The zero-order valence-electron chi connectivity index (χ0n) is 42.9. The summed E-state index contributed by atoms with van der Waals surface area (Å²) < 4.78 is 128. The quantitative estimate of drug-likeness (QED) is 0.0709. The first kappa shape index (κ1) is 50.6. The number of nitrogens with zero attached hydrogens (tertiary/aromatic N) is 1. The second kappa shape index (κ2) is 19.5. The number of benzene rings is 11. The van der Waals surface area contributed by atoms with E-state index in [1.165, 1.54) is 0 Å². The van der Waals surface area contributed by atoms with Crippen molar-refractivity contribution in [3.63, 3.8) is 0 Å². The minimum atomic E-state index is -1.97. The minimum Gasteiger partial charge on any atom is -0.310 e. The van der Waals surface area contributed by atoms with Crippen LogP contribution in [0.5, 0.6) is 0 Å². The fourth-order valence-electron chi connectivity index (χ4n) is 12.5. The van der Waals surface area contributed by atoms with Crippen molar-refractivity contribution in [3.8, 4) is 44.5 Å². The van der Waals surface area contributed by atoms with Gasteiger partial charge in [-0.05, 0) is 144 Å². The molecule has 0 spiro atoms. The van der Waals surface area contributed by atoms with Crippen LogP contribution in [0.2, 0.25) is 0 Å². The predicted molar refractivity (Wildman–Crippen MR) is 306 cm³/mol. The maximum Gasteiger partial charge on any atom is 0.197 e. The number of hydrogen-bond donors (Lipinski definition) is 0. The van der Waals surface area contributed by atoms with E-state index in [2.05, 4.69) is 19.2 Å². The predicted octanol–water partition coefficient (Wildman–Crippen LogP) is 19.6. The van der Waals surface area contributed by atoms with Crippen molar-refractivity contribution in [2.45, 2.75) is 10.8 Å². The summed E-state index contributed by atoms with van der Waals surface area (Å²) in [5.74, 6) is -14.1. The maximum absolute atomic E-state index is 17.1. The van der Waals surface area contributed by atoms with Gasteiger partial charge in [-0.15, -0.1) is 0 Å². The van der Waals surface area contributed by atoms with Crippen molar-refractivity contribution in [3.05, 3.63) is 340 Å². The summed E-state index contributed by atoms with van der Waals surface area (Å²) in [6.45, 7) is 7.80. The molecular weight excluding hydrogens is 1030 g/mol. The molecule has 11 aromatic carbocycles. The third-order valence-corrected chi connectivity index (χ3v) is 16.2. The van der Waals surface area contributed by atoms with Gasteiger partial charge in [0.05, 0.1) is 10.8 Å². The van der Waals surface area contributed by atoms with Gasteiger partial charge in [-0.25, -0.2) is 35.1 Å². The Labute approximate surface area is 462 Å². The van der Waals surface area contributed by atoms with Gasteiger partial charge < -0.3 is 4.90 Å². The van der Waals surface area contributed by atoms with Crippen LogP contribution >= 0.6 is 0 Å². The van der Waals surface area contributed by atoms with Crippen molar-refractivity contribution < 1.29 is 35.1 Å². The van der Waals surface area contributed by atoms with E-state index in [9.17, 15) is 0 Å². The van der Waals surface area contributed by atoms with Crippen LogP contribution in [0.3, 0.4) is 0 Å². The highest BCUT2D eigenvalue weighted by Gasteiger charge is 2.51. The summed E-state index contributed by atoms with van der Waals surface area (Å²) in [6.07, 6.45) is 3.26. The standard InChI is InChI=1S/C72H43F8N/c1-3-42-21-27-48(28-22-42)71(61-40-63(73)67(77)69(79)65(61)75)57-19-10-8-17-53(57)55-35-33-51(38-59(55)71)81(50-31-25-45(26-32-50)47-16-12-15-46(37-47)44-13-6-5-7-14-44)52-34-36-56-54-18-9-11-20-58(54)72(60(56)39-52,49-29-23-43(4-2)24-30-49)62-41-64(74)68(78)70(80)66(62)76/h3-41H,1-2H2. The Bertz CT molecular complexity index is 4140. The number of anilines is 3. The molecule has 0 saturated heterocycles. The van der Waals surface area contributed by atoms with Gasteiger partial charge in [-0.2, -0.15) is 0 Å². The summed E-state index contributed by atoms with van der Waals surface area (Å²) in [7, 11) is 0. The smallest absolute Gasteiger partial charge is 0.197 e. The second-order valence-electron chi connectivity index (χ2n) is 20.2. The minimum absolute atomic E-state index is 0.403. The fourth-order valence-corrected chi connectivity index (χ4v) is 12.5.